The third-order valence-electron chi connectivity index (χ3n) is 2.74. The maximum absolute atomic E-state index is 12.0. The van der Waals surface area contributed by atoms with Crippen molar-refractivity contribution < 1.29 is 18.3 Å². The summed E-state index contributed by atoms with van der Waals surface area (Å²) in [5.74, 6) is 0.0713. The Kier molecular flexibility index (Phi) is 6.32. The molecule has 21 heavy (non-hydrogen) atoms. The van der Waals surface area contributed by atoms with Crippen LogP contribution in [-0.4, -0.2) is 32.1 Å². The van der Waals surface area contributed by atoms with Crippen LogP contribution in [0.1, 0.15) is 27.2 Å². The second kappa shape index (κ2) is 7.53. The summed E-state index contributed by atoms with van der Waals surface area (Å²) in [6, 6.07) is 5.84. The fraction of sp³-hybridized carbons (Fsp3) is 0.500. The maximum atomic E-state index is 12.0. The number of hydrogen-bond acceptors (Lipinski definition) is 4. The Morgan fingerprint density at radius 3 is 2.29 bits per heavy atom. The minimum absolute atomic E-state index is 0.0199. The highest BCUT2D eigenvalue weighted by atomic mass is 32.2. The van der Waals surface area contributed by atoms with Crippen molar-refractivity contribution in [3.8, 4) is 0 Å². The summed E-state index contributed by atoms with van der Waals surface area (Å²) < 4.78 is 26.5. The van der Waals surface area contributed by atoms with Crippen molar-refractivity contribution in [3.05, 3.63) is 24.3 Å². The molecule has 0 aliphatic rings. The molecule has 1 amide bonds. The van der Waals surface area contributed by atoms with Crippen molar-refractivity contribution >= 4 is 21.6 Å². The molecule has 1 aromatic rings. The Bertz CT molecular complexity index is 567. The first-order chi connectivity index (χ1) is 9.70. The molecular weight excluding hydrogens is 292 g/mol. The first-order valence-corrected chi connectivity index (χ1v) is 8.24. The number of carbonyl (C=O) groups is 1. The quantitative estimate of drug-likeness (QED) is 0.707. The van der Waals surface area contributed by atoms with Gasteiger partial charge in [0, 0.05) is 19.2 Å². The second-order valence-electron chi connectivity index (χ2n) is 5.34. The molecule has 0 heterocycles. The van der Waals surface area contributed by atoms with E-state index in [2.05, 4.69) is 10.0 Å². The average molecular weight is 314 g/mol. The molecule has 1 unspecified atom stereocenters. The van der Waals surface area contributed by atoms with Gasteiger partial charge in [-0.1, -0.05) is 13.8 Å². The standard InChI is InChI=1S/C14H22N2O4S/c1-10(2)8-13(18)9-15-21(19,20)14-6-4-12(5-7-14)16-11(3)17/h4-7,10,13,15,18H,8-9H2,1-3H3,(H,16,17). The molecule has 1 rings (SSSR count). The van der Waals surface area contributed by atoms with Crippen LogP contribution in [0.4, 0.5) is 5.69 Å². The molecule has 1 aromatic carbocycles. The molecule has 0 saturated carbocycles. The molecule has 0 aliphatic heterocycles. The Hall–Kier alpha value is -1.44. The number of sulfonamides is 1. The number of hydrogen-bond donors (Lipinski definition) is 3. The number of benzene rings is 1. The minimum atomic E-state index is -3.66. The van der Waals surface area contributed by atoms with Crippen molar-refractivity contribution in [2.24, 2.45) is 5.92 Å². The van der Waals surface area contributed by atoms with Crippen LogP contribution in [0.15, 0.2) is 29.2 Å². The summed E-state index contributed by atoms with van der Waals surface area (Å²) in [5, 5.41) is 12.3. The Balaban J connectivity index is 2.68. The highest BCUT2D eigenvalue weighted by molar-refractivity contribution is 7.89. The van der Waals surface area contributed by atoms with Gasteiger partial charge in [-0.15, -0.1) is 0 Å². The number of aliphatic hydroxyl groups is 1. The van der Waals surface area contributed by atoms with E-state index in [9.17, 15) is 18.3 Å². The number of carbonyl (C=O) groups excluding carboxylic acids is 1. The third-order valence-corrected chi connectivity index (χ3v) is 4.18. The van der Waals surface area contributed by atoms with Crippen LogP contribution in [0.3, 0.4) is 0 Å². The van der Waals surface area contributed by atoms with E-state index in [4.69, 9.17) is 0 Å². The fourth-order valence-corrected chi connectivity index (χ4v) is 2.91. The summed E-state index contributed by atoms with van der Waals surface area (Å²) in [6.07, 6.45) is -0.178. The van der Waals surface area contributed by atoms with Gasteiger partial charge in [0.15, 0.2) is 0 Å². The molecule has 0 spiro atoms. The first kappa shape index (κ1) is 17.6. The normalized spacial score (nSPS) is 13.2. The highest BCUT2D eigenvalue weighted by Crippen LogP contribution is 2.14. The monoisotopic (exact) mass is 314 g/mol. The smallest absolute Gasteiger partial charge is 0.240 e. The van der Waals surface area contributed by atoms with E-state index in [-0.39, 0.29) is 17.3 Å². The Labute approximate surface area is 125 Å². The third kappa shape index (κ3) is 6.24. The van der Waals surface area contributed by atoms with Gasteiger partial charge in [-0.05, 0) is 36.6 Å². The van der Waals surface area contributed by atoms with Gasteiger partial charge < -0.3 is 10.4 Å². The molecule has 1 atom stereocenters. The predicted octanol–water partition coefficient (Wildman–Crippen LogP) is 1.33. The van der Waals surface area contributed by atoms with Crippen LogP contribution in [-0.2, 0) is 14.8 Å². The molecule has 118 valence electrons. The molecule has 3 N–H and O–H groups in total. The van der Waals surface area contributed by atoms with Crippen LogP contribution in [0.2, 0.25) is 0 Å². The zero-order chi connectivity index (χ0) is 16.0. The van der Waals surface area contributed by atoms with Gasteiger partial charge >= 0.3 is 0 Å². The lowest BCUT2D eigenvalue weighted by molar-refractivity contribution is -0.114. The number of anilines is 1. The van der Waals surface area contributed by atoms with Gasteiger partial charge in [-0.25, -0.2) is 13.1 Å². The predicted molar refractivity (Wildman–Crippen MR) is 81.4 cm³/mol. The van der Waals surface area contributed by atoms with Crippen LogP contribution in [0.5, 0.6) is 0 Å². The van der Waals surface area contributed by atoms with E-state index in [0.717, 1.165) is 0 Å². The van der Waals surface area contributed by atoms with Gasteiger partial charge in [0.1, 0.15) is 0 Å². The van der Waals surface area contributed by atoms with Crippen molar-refractivity contribution in [1.82, 2.24) is 4.72 Å². The summed E-state index contributed by atoms with van der Waals surface area (Å²) in [6.45, 7) is 5.27. The van der Waals surface area contributed by atoms with Gasteiger partial charge in [0.05, 0.1) is 11.0 Å². The zero-order valence-electron chi connectivity index (χ0n) is 12.5. The molecular formula is C14H22N2O4S. The SMILES string of the molecule is CC(=O)Nc1ccc(S(=O)(=O)NCC(O)CC(C)C)cc1. The summed E-state index contributed by atoms with van der Waals surface area (Å²) in [7, 11) is -3.66. The molecule has 0 radical (unpaired) electrons. The molecule has 0 saturated heterocycles. The lowest BCUT2D eigenvalue weighted by atomic mass is 10.1. The average Bonchev–Trinajstić information content (AvgIpc) is 2.36. The van der Waals surface area contributed by atoms with Crippen molar-refractivity contribution in [3.63, 3.8) is 0 Å². The summed E-state index contributed by atoms with van der Waals surface area (Å²) in [4.78, 5) is 11.0. The summed E-state index contributed by atoms with van der Waals surface area (Å²) >= 11 is 0. The first-order valence-electron chi connectivity index (χ1n) is 6.76. The lowest BCUT2D eigenvalue weighted by Crippen LogP contribution is -2.32. The molecule has 7 heteroatoms. The van der Waals surface area contributed by atoms with E-state index in [1.54, 1.807) is 0 Å². The van der Waals surface area contributed by atoms with E-state index in [1.165, 1.54) is 31.2 Å². The lowest BCUT2D eigenvalue weighted by Gasteiger charge is -2.14. The van der Waals surface area contributed by atoms with Gasteiger partial charge in [-0.2, -0.15) is 0 Å². The highest BCUT2D eigenvalue weighted by Gasteiger charge is 2.16. The fourth-order valence-electron chi connectivity index (χ4n) is 1.84. The molecule has 0 aliphatic carbocycles. The van der Waals surface area contributed by atoms with Gasteiger partial charge in [0.25, 0.3) is 0 Å². The van der Waals surface area contributed by atoms with Crippen molar-refractivity contribution in [1.29, 1.82) is 0 Å². The number of aliphatic hydroxyl groups excluding tert-OH is 1. The maximum Gasteiger partial charge on any atom is 0.240 e. The molecule has 0 aromatic heterocycles. The van der Waals surface area contributed by atoms with E-state index >= 15 is 0 Å². The molecule has 6 nitrogen and oxygen atoms in total. The van der Waals surface area contributed by atoms with E-state index < -0.39 is 16.1 Å². The Morgan fingerprint density at radius 1 is 1.24 bits per heavy atom. The van der Waals surface area contributed by atoms with Crippen LogP contribution >= 0.6 is 0 Å². The topological polar surface area (TPSA) is 95.5 Å². The molecule has 0 bridgehead atoms. The van der Waals surface area contributed by atoms with Crippen molar-refractivity contribution in [2.45, 2.75) is 38.2 Å². The second-order valence-corrected chi connectivity index (χ2v) is 7.11. The number of rotatable bonds is 7. The minimum Gasteiger partial charge on any atom is -0.392 e. The zero-order valence-corrected chi connectivity index (χ0v) is 13.3. The van der Waals surface area contributed by atoms with Crippen LogP contribution < -0.4 is 10.0 Å². The molecule has 0 fully saturated rings. The van der Waals surface area contributed by atoms with Crippen LogP contribution in [0, 0.1) is 5.92 Å². The van der Waals surface area contributed by atoms with Gasteiger partial charge in [0.2, 0.25) is 15.9 Å². The largest absolute Gasteiger partial charge is 0.392 e. The van der Waals surface area contributed by atoms with Crippen LogP contribution in [0.25, 0.3) is 0 Å². The van der Waals surface area contributed by atoms with E-state index in [1.807, 2.05) is 13.8 Å². The number of nitrogens with one attached hydrogen (secondary N) is 2. The Morgan fingerprint density at radius 2 is 1.81 bits per heavy atom. The van der Waals surface area contributed by atoms with Gasteiger partial charge in [-0.3, -0.25) is 4.79 Å². The summed E-state index contributed by atoms with van der Waals surface area (Å²) in [5.41, 5.74) is 0.529. The number of amides is 1. The van der Waals surface area contributed by atoms with E-state index in [0.29, 0.717) is 18.0 Å². The van der Waals surface area contributed by atoms with Crippen molar-refractivity contribution in [2.75, 3.05) is 11.9 Å².